The van der Waals surface area contributed by atoms with Crippen molar-refractivity contribution < 1.29 is 23.4 Å². The topological polar surface area (TPSA) is 43.7 Å². The van der Waals surface area contributed by atoms with Gasteiger partial charge in [0, 0.05) is 13.1 Å². The van der Waals surface area contributed by atoms with Crippen LogP contribution >= 0.6 is 0 Å². The quantitative estimate of drug-likeness (QED) is 0.549. The van der Waals surface area contributed by atoms with Gasteiger partial charge in [0.1, 0.15) is 0 Å². The standard InChI is InChI=1S/C26H38F3NO2/c1-18-5-6-19(16-23(18)31)7-8-20-4-3-12-24(2)21(9-10-22(20)24)11-14-30-15-13-25(32,17-30)26(27,28)29/h7-8,21-23,31-32H,1,3-6,9-17H2,2H3/b19-7-,20-8+/t21-,22?,23?,24?,25?/m1/s1. The first-order valence-corrected chi connectivity index (χ1v) is 12.3. The number of rotatable bonds is 4. The van der Waals surface area contributed by atoms with Gasteiger partial charge in [-0.15, -0.1) is 0 Å². The first kappa shape index (κ1) is 24.0. The number of aliphatic hydroxyl groups excluding tert-OH is 1. The van der Waals surface area contributed by atoms with Gasteiger partial charge in [-0.2, -0.15) is 13.2 Å². The Labute approximate surface area is 190 Å². The molecular weight excluding hydrogens is 415 g/mol. The number of halogens is 3. The van der Waals surface area contributed by atoms with Gasteiger partial charge in [0.05, 0.1) is 6.10 Å². The third-order valence-electron chi connectivity index (χ3n) is 9.04. The molecule has 3 saturated carbocycles. The summed E-state index contributed by atoms with van der Waals surface area (Å²) < 4.78 is 39.4. The van der Waals surface area contributed by atoms with E-state index in [4.69, 9.17) is 0 Å². The first-order chi connectivity index (χ1) is 15.0. The molecule has 3 nitrogen and oxygen atoms in total. The van der Waals surface area contributed by atoms with Gasteiger partial charge < -0.3 is 10.2 Å². The fourth-order valence-electron chi connectivity index (χ4n) is 6.81. The molecule has 0 aromatic carbocycles. The van der Waals surface area contributed by atoms with Gasteiger partial charge in [-0.05, 0) is 93.6 Å². The minimum atomic E-state index is -4.55. The molecule has 0 aromatic heterocycles. The molecule has 1 saturated heterocycles. The monoisotopic (exact) mass is 453 g/mol. The van der Waals surface area contributed by atoms with E-state index in [1.54, 1.807) is 4.90 Å². The number of hydrogen-bond acceptors (Lipinski definition) is 3. The van der Waals surface area contributed by atoms with Gasteiger partial charge in [0.25, 0.3) is 0 Å². The number of hydrogen-bond donors (Lipinski definition) is 2. The third-order valence-corrected chi connectivity index (χ3v) is 9.04. The smallest absolute Gasteiger partial charge is 0.388 e. The van der Waals surface area contributed by atoms with Crippen molar-refractivity contribution in [1.82, 2.24) is 4.90 Å². The molecule has 4 rings (SSSR count). The van der Waals surface area contributed by atoms with E-state index >= 15 is 0 Å². The van der Waals surface area contributed by atoms with E-state index in [2.05, 4.69) is 25.7 Å². The summed E-state index contributed by atoms with van der Waals surface area (Å²) >= 11 is 0. The van der Waals surface area contributed by atoms with Crippen molar-refractivity contribution in [2.45, 2.75) is 89.0 Å². The van der Waals surface area contributed by atoms with E-state index in [-0.39, 0.29) is 18.4 Å². The summed E-state index contributed by atoms with van der Waals surface area (Å²) in [6, 6.07) is 0. The molecule has 6 heteroatoms. The Morgan fingerprint density at radius 1 is 1.16 bits per heavy atom. The Bertz CT molecular complexity index is 788. The predicted molar refractivity (Wildman–Crippen MR) is 120 cm³/mol. The number of likely N-dealkylation sites (tertiary alicyclic amines) is 1. The first-order valence-electron chi connectivity index (χ1n) is 12.3. The number of alkyl halides is 3. The van der Waals surface area contributed by atoms with Gasteiger partial charge in [0.2, 0.25) is 0 Å². The van der Waals surface area contributed by atoms with Gasteiger partial charge in [-0.25, -0.2) is 0 Å². The summed E-state index contributed by atoms with van der Waals surface area (Å²) in [5.74, 6) is 1.07. The maximum absolute atomic E-state index is 13.1. The van der Waals surface area contributed by atoms with Crippen molar-refractivity contribution in [2.24, 2.45) is 17.3 Å². The number of nitrogens with zero attached hydrogens (tertiary/aromatic N) is 1. The number of allylic oxidation sites excluding steroid dienone is 3. The van der Waals surface area contributed by atoms with Crippen molar-refractivity contribution in [3.8, 4) is 0 Å². The number of β-amino-alcohol motifs (C(OH)–C–C–N with tert-alkyl or cyclic N) is 1. The zero-order chi connectivity index (χ0) is 23.1. The summed E-state index contributed by atoms with van der Waals surface area (Å²) in [4.78, 5) is 1.80. The lowest BCUT2D eigenvalue weighted by molar-refractivity contribution is -0.253. The van der Waals surface area contributed by atoms with Gasteiger partial charge in [-0.3, -0.25) is 4.90 Å². The van der Waals surface area contributed by atoms with Crippen molar-refractivity contribution >= 4 is 0 Å². The molecule has 4 fully saturated rings. The molecule has 4 unspecified atom stereocenters. The summed E-state index contributed by atoms with van der Waals surface area (Å²) in [7, 11) is 0. The second-order valence-corrected chi connectivity index (χ2v) is 11.0. The normalized spacial score (nSPS) is 41.6. The Kier molecular flexibility index (Phi) is 6.70. The summed E-state index contributed by atoms with van der Waals surface area (Å²) in [5.41, 5.74) is 1.42. The minimum Gasteiger partial charge on any atom is -0.388 e. The van der Waals surface area contributed by atoms with Crippen molar-refractivity contribution in [1.29, 1.82) is 0 Å². The maximum Gasteiger partial charge on any atom is 0.418 e. The molecule has 0 amide bonds. The highest BCUT2D eigenvalue weighted by molar-refractivity contribution is 5.27. The maximum atomic E-state index is 13.1. The predicted octanol–water partition coefficient (Wildman–Crippen LogP) is 5.55. The Morgan fingerprint density at radius 3 is 2.62 bits per heavy atom. The molecule has 4 aliphatic rings. The van der Waals surface area contributed by atoms with Crippen LogP contribution in [0.2, 0.25) is 0 Å². The molecule has 1 aliphatic heterocycles. The van der Waals surface area contributed by atoms with Gasteiger partial charge in [-0.1, -0.05) is 36.8 Å². The van der Waals surface area contributed by atoms with Crippen molar-refractivity contribution in [3.05, 3.63) is 35.5 Å². The number of aliphatic hydroxyl groups is 2. The Hall–Kier alpha value is -1.11. The second kappa shape index (κ2) is 8.92. The molecular formula is C26H38F3NO2. The largest absolute Gasteiger partial charge is 0.418 e. The lowest BCUT2D eigenvalue weighted by Crippen LogP contribution is -2.47. The van der Waals surface area contributed by atoms with Crippen LogP contribution in [0, 0.1) is 17.3 Å². The van der Waals surface area contributed by atoms with Crippen molar-refractivity contribution in [2.75, 3.05) is 19.6 Å². The molecule has 0 spiro atoms. The van der Waals surface area contributed by atoms with E-state index in [1.807, 2.05) is 0 Å². The van der Waals surface area contributed by atoms with Crippen LogP contribution in [0.15, 0.2) is 35.5 Å². The highest BCUT2D eigenvalue weighted by Crippen LogP contribution is 2.58. The molecule has 1 heterocycles. The van der Waals surface area contributed by atoms with E-state index < -0.39 is 17.9 Å². The van der Waals surface area contributed by atoms with E-state index in [0.717, 1.165) is 50.5 Å². The van der Waals surface area contributed by atoms with Gasteiger partial charge in [0.15, 0.2) is 5.60 Å². The molecule has 0 bridgehead atoms. The average molecular weight is 454 g/mol. The fourth-order valence-corrected chi connectivity index (χ4v) is 6.81. The van der Waals surface area contributed by atoms with Crippen LogP contribution in [0.1, 0.15) is 71.1 Å². The lowest BCUT2D eigenvalue weighted by atomic mass is 9.63. The lowest BCUT2D eigenvalue weighted by Gasteiger charge is -2.43. The highest BCUT2D eigenvalue weighted by atomic mass is 19.4. The third kappa shape index (κ3) is 4.60. The van der Waals surface area contributed by atoms with E-state index in [1.165, 1.54) is 17.6 Å². The zero-order valence-electron chi connectivity index (χ0n) is 19.3. The van der Waals surface area contributed by atoms with E-state index in [0.29, 0.717) is 31.3 Å². The highest BCUT2D eigenvalue weighted by Gasteiger charge is 2.57. The van der Waals surface area contributed by atoms with Crippen LogP contribution in [-0.4, -0.2) is 52.6 Å². The molecule has 3 aliphatic carbocycles. The molecule has 32 heavy (non-hydrogen) atoms. The summed E-state index contributed by atoms with van der Waals surface area (Å²) in [6.45, 7) is 6.99. The van der Waals surface area contributed by atoms with Crippen LogP contribution < -0.4 is 0 Å². The zero-order valence-corrected chi connectivity index (χ0v) is 19.3. The number of fused-ring (bicyclic) bond motifs is 1. The molecule has 0 radical (unpaired) electrons. The van der Waals surface area contributed by atoms with Crippen LogP contribution in [0.4, 0.5) is 13.2 Å². The molecule has 5 atom stereocenters. The summed E-state index contributed by atoms with van der Waals surface area (Å²) in [5, 5.41) is 20.1. The van der Waals surface area contributed by atoms with Crippen LogP contribution in [0.3, 0.4) is 0 Å². The van der Waals surface area contributed by atoms with Gasteiger partial charge >= 0.3 is 6.18 Å². The summed E-state index contributed by atoms with van der Waals surface area (Å²) in [6.07, 6.45) is 8.54. The Morgan fingerprint density at radius 2 is 1.94 bits per heavy atom. The second-order valence-electron chi connectivity index (χ2n) is 11.0. The average Bonchev–Trinajstić information content (AvgIpc) is 3.28. The minimum absolute atomic E-state index is 0.211. The van der Waals surface area contributed by atoms with Crippen LogP contribution in [0.25, 0.3) is 0 Å². The SMILES string of the molecule is C=C1CC/C(=C/C=C2\CCCC3(C)C2CC[C@@H]3CCN2CCC(O)(C(F)(F)F)C2)CC1O. The fraction of sp³-hybridized carbons (Fsp3) is 0.769. The molecule has 0 aromatic rings. The molecule has 2 N–H and O–H groups in total. The Balaban J connectivity index is 1.37. The molecule has 180 valence electrons. The van der Waals surface area contributed by atoms with E-state index in [9.17, 15) is 23.4 Å². The van der Waals surface area contributed by atoms with Crippen molar-refractivity contribution in [3.63, 3.8) is 0 Å². The van der Waals surface area contributed by atoms with Crippen LogP contribution in [0.5, 0.6) is 0 Å². The van der Waals surface area contributed by atoms with Crippen LogP contribution in [-0.2, 0) is 0 Å².